The maximum atomic E-state index is 12.4. The number of aromatic nitrogens is 1. The van der Waals surface area contributed by atoms with Crippen LogP contribution in [0.1, 0.15) is 12.1 Å². The van der Waals surface area contributed by atoms with Crippen molar-refractivity contribution in [2.24, 2.45) is 5.14 Å². The number of halogens is 2. The highest BCUT2D eigenvalue weighted by molar-refractivity contribution is 7.89. The lowest BCUT2D eigenvalue weighted by atomic mass is 10.3. The molecule has 1 heterocycles. The van der Waals surface area contributed by atoms with Gasteiger partial charge in [-0.05, 0) is 0 Å². The zero-order chi connectivity index (χ0) is 13.4. The maximum absolute atomic E-state index is 12.4. The van der Waals surface area contributed by atoms with E-state index in [4.69, 9.17) is 0 Å². The lowest BCUT2D eigenvalue weighted by Gasteiger charge is -2.05. The second kappa shape index (κ2) is 4.18. The minimum atomic E-state index is -4.79. The second-order valence-corrected chi connectivity index (χ2v) is 4.35. The zero-order valence-corrected chi connectivity index (χ0v) is 8.70. The van der Waals surface area contributed by atoms with E-state index in [1.165, 1.54) is 0 Å². The van der Waals surface area contributed by atoms with E-state index in [0.717, 1.165) is 0 Å². The van der Waals surface area contributed by atoms with Crippen LogP contribution in [0.5, 0.6) is 0 Å². The molecule has 8 nitrogen and oxygen atoms in total. The number of nitrogens with zero attached hydrogens (tertiary/aromatic N) is 1. The summed E-state index contributed by atoms with van der Waals surface area (Å²) >= 11 is 0. The Kier molecular flexibility index (Phi) is 3.24. The number of hydrogen-bond acceptors (Lipinski definition) is 5. The Bertz CT molecular complexity index is 623. The van der Waals surface area contributed by atoms with Crippen LogP contribution < -0.4 is 10.6 Å². The molecule has 0 aliphatic heterocycles. The zero-order valence-electron chi connectivity index (χ0n) is 7.88. The minimum Gasteiger partial charge on any atom is -0.353 e. The van der Waals surface area contributed by atoms with Crippen LogP contribution in [0.3, 0.4) is 0 Å². The van der Waals surface area contributed by atoms with E-state index in [1.807, 2.05) is 0 Å². The topological polar surface area (TPSA) is 136 Å². The average Bonchev–Trinajstić information content (AvgIpc) is 2.14. The van der Waals surface area contributed by atoms with Gasteiger partial charge in [0.25, 0.3) is 11.9 Å². The van der Waals surface area contributed by atoms with E-state index in [-0.39, 0.29) is 0 Å². The number of nitrogens with one attached hydrogen (secondary N) is 1. The first-order chi connectivity index (χ1) is 7.66. The van der Waals surface area contributed by atoms with Gasteiger partial charge in [0.2, 0.25) is 10.0 Å². The summed E-state index contributed by atoms with van der Waals surface area (Å²) in [5.41, 5.74) is -4.13. The number of nitrogens with two attached hydrogens (primary N) is 1. The molecule has 0 saturated heterocycles. The van der Waals surface area contributed by atoms with E-state index < -0.39 is 43.1 Å². The highest BCUT2D eigenvalue weighted by Crippen LogP contribution is 2.22. The highest BCUT2D eigenvalue weighted by atomic mass is 32.2. The molecule has 0 saturated carbocycles. The van der Waals surface area contributed by atoms with E-state index in [1.54, 1.807) is 4.98 Å². The molecule has 0 aliphatic carbocycles. The van der Waals surface area contributed by atoms with Crippen LogP contribution in [0.4, 0.5) is 14.5 Å². The molecular formula is C6H5F2N3O5S. The molecule has 17 heavy (non-hydrogen) atoms. The molecule has 0 unspecified atom stereocenters. The molecule has 0 radical (unpaired) electrons. The molecular weight excluding hydrogens is 264 g/mol. The first kappa shape index (κ1) is 13.2. The van der Waals surface area contributed by atoms with Crippen LogP contribution in [0.2, 0.25) is 0 Å². The fourth-order valence-corrected chi connectivity index (χ4v) is 1.91. The molecule has 0 atom stereocenters. The number of nitro groups is 1. The molecule has 1 aromatic rings. The van der Waals surface area contributed by atoms with Crippen molar-refractivity contribution in [2.75, 3.05) is 0 Å². The molecule has 0 fully saturated rings. The number of sulfonamides is 1. The molecule has 0 spiro atoms. The molecule has 0 aromatic carbocycles. The Balaban J connectivity index is 3.79. The first-order valence-corrected chi connectivity index (χ1v) is 5.41. The number of rotatable bonds is 3. The number of pyridine rings is 1. The SMILES string of the molecule is NS(=O)(=O)c1c(C(F)F)[nH]cc([N+](=O)[O-])c1=O. The minimum absolute atomic E-state index is 0.387. The summed E-state index contributed by atoms with van der Waals surface area (Å²) in [6, 6.07) is 0. The monoisotopic (exact) mass is 269 g/mol. The van der Waals surface area contributed by atoms with E-state index in [9.17, 15) is 32.1 Å². The van der Waals surface area contributed by atoms with Crippen LogP contribution in [0, 0.1) is 10.1 Å². The quantitative estimate of drug-likeness (QED) is 0.581. The van der Waals surface area contributed by atoms with Crippen LogP contribution in [-0.4, -0.2) is 18.3 Å². The van der Waals surface area contributed by atoms with Crippen molar-refractivity contribution in [3.63, 3.8) is 0 Å². The standard InChI is InChI=1S/C6H5F2N3O5S/c7-6(8)3-5(17(9,15)16)4(12)2(1-10-3)11(13)14/h1,6H,(H,10,12)(H2,9,15,16). The van der Waals surface area contributed by atoms with Crippen LogP contribution in [-0.2, 0) is 10.0 Å². The molecule has 0 amide bonds. The molecule has 1 aromatic heterocycles. The van der Waals surface area contributed by atoms with Crippen LogP contribution in [0.15, 0.2) is 15.9 Å². The Morgan fingerprint density at radius 3 is 2.35 bits per heavy atom. The lowest BCUT2D eigenvalue weighted by molar-refractivity contribution is -0.386. The third-order valence-electron chi connectivity index (χ3n) is 1.75. The third-order valence-corrected chi connectivity index (χ3v) is 2.72. The van der Waals surface area contributed by atoms with Gasteiger partial charge >= 0.3 is 5.69 Å². The number of H-pyrrole nitrogens is 1. The van der Waals surface area contributed by atoms with Crippen molar-refractivity contribution in [1.29, 1.82) is 0 Å². The molecule has 3 N–H and O–H groups in total. The van der Waals surface area contributed by atoms with Gasteiger partial charge in [-0.1, -0.05) is 0 Å². The van der Waals surface area contributed by atoms with Crippen molar-refractivity contribution in [3.8, 4) is 0 Å². The smallest absolute Gasteiger partial charge is 0.333 e. The Labute approximate surface area is 92.3 Å². The Morgan fingerprint density at radius 1 is 1.47 bits per heavy atom. The predicted octanol–water partition coefficient (Wildman–Crippen LogP) is -0.132. The molecule has 1 rings (SSSR count). The fraction of sp³-hybridized carbons (Fsp3) is 0.167. The third kappa shape index (κ3) is 2.45. The van der Waals surface area contributed by atoms with Gasteiger partial charge in [0, 0.05) is 0 Å². The van der Waals surface area contributed by atoms with Crippen LogP contribution in [0.25, 0.3) is 0 Å². The molecule has 94 valence electrons. The summed E-state index contributed by atoms with van der Waals surface area (Å²) in [5.74, 6) is 0. The fourth-order valence-electron chi connectivity index (χ4n) is 1.10. The summed E-state index contributed by atoms with van der Waals surface area (Å²) in [6.45, 7) is 0. The van der Waals surface area contributed by atoms with Gasteiger partial charge in [0.1, 0.15) is 5.69 Å². The van der Waals surface area contributed by atoms with Gasteiger partial charge in [0.05, 0.1) is 11.1 Å². The number of alkyl halides is 2. The normalized spacial score (nSPS) is 11.8. The summed E-state index contributed by atoms with van der Waals surface area (Å²) in [6.07, 6.45) is -2.95. The lowest BCUT2D eigenvalue weighted by Crippen LogP contribution is -2.26. The van der Waals surface area contributed by atoms with E-state index in [2.05, 4.69) is 5.14 Å². The van der Waals surface area contributed by atoms with E-state index in [0.29, 0.717) is 6.20 Å². The van der Waals surface area contributed by atoms with E-state index >= 15 is 0 Å². The Hall–Kier alpha value is -1.88. The predicted molar refractivity (Wildman–Crippen MR) is 50.0 cm³/mol. The number of aromatic amines is 1. The Morgan fingerprint density at radius 2 is 2.00 bits per heavy atom. The highest BCUT2D eigenvalue weighted by Gasteiger charge is 2.30. The number of hydrogen-bond donors (Lipinski definition) is 2. The molecule has 0 aliphatic rings. The van der Waals surface area contributed by atoms with Crippen molar-refractivity contribution in [1.82, 2.24) is 4.98 Å². The average molecular weight is 269 g/mol. The number of primary sulfonamides is 1. The van der Waals surface area contributed by atoms with Gasteiger partial charge in [-0.15, -0.1) is 0 Å². The second-order valence-electron chi connectivity index (χ2n) is 2.85. The molecule has 11 heteroatoms. The molecule has 0 bridgehead atoms. The van der Waals surface area contributed by atoms with Crippen molar-refractivity contribution in [2.45, 2.75) is 11.3 Å². The summed E-state index contributed by atoms with van der Waals surface area (Å²) in [5, 5.41) is 14.9. The van der Waals surface area contributed by atoms with Gasteiger partial charge in [-0.3, -0.25) is 14.9 Å². The van der Waals surface area contributed by atoms with Gasteiger partial charge in [-0.2, -0.15) is 0 Å². The van der Waals surface area contributed by atoms with Gasteiger partial charge in [-0.25, -0.2) is 22.3 Å². The van der Waals surface area contributed by atoms with Gasteiger partial charge in [0.15, 0.2) is 4.90 Å². The van der Waals surface area contributed by atoms with Crippen molar-refractivity contribution in [3.05, 3.63) is 32.2 Å². The summed E-state index contributed by atoms with van der Waals surface area (Å²) in [4.78, 5) is 20.7. The first-order valence-electron chi connectivity index (χ1n) is 3.87. The van der Waals surface area contributed by atoms with Crippen molar-refractivity contribution < 1.29 is 22.1 Å². The van der Waals surface area contributed by atoms with Crippen molar-refractivity contribution >= 4 is 15.7 Å². The summed E-state index contributed by atoms with van der Waals surface area (Å²) < 4.78 is 46.7. The summed E-state index contributed by atoms with van der Waals surface area (Å²) in [7, 11) is -4.79. The van der Waals surface area contributed by atoms with Gasteiger partial charge < -0.3 is 4.98 Å². The van der Waals surface area contributed by atoms with Crippen LogP contribution >= 0.6 is 0 Å². The maximum Gasteiger partial charge on any atom is 0.333 e. The largest absolute Gasteiger partial charge is 0.353 e.